The molecule has 0 aliphatic carbocycles. The van der Waals surface area contributed by atoms with Crippen molar-refractivity contribution in [1.29, 1.82) is 0 Å². The van der Waals surface area contributed by atoms with E-state index in [2.05, 4.69) is 91.0 Å². The number of hydrogen-bond acceptors (Lipinski definition) is 4. The van der Waals surface area contributed by atoms with E-state index < -0.39 is 0 Å². The molecular weight excluding hydrogens is 334 g/mol. The third-order valence-corrected chi connectivity index (χ3v) is 4.42. The molecule has 0 bridgehead atoms. The molecule has 0 amide bonds. The number of benzene rings is 2. The molecule has 0 spiro atoms. The van der Waals surface area contributed by atoms with Crippen LogP contribution in [0.15, 0.2) is 34.3 Å². The van der Waals surface area contributed by atoms with Gasteiger partial charge in [0.25, 0.3) is 0 Å². The van der Waals surface area contributed by atoms with Crippen molar-refractivity contribution >= 4 is 23.8 Å². The Labute approximate surface area is 160 Å². The number of aromatic amines is 1. The van der Waals surface area contributed by atoms with E-state index >= 15 is 0 Å². The molecule has 0 aliphatic rings. The second-order valence-electron chi connectivity index (χ2n) is 7.09. The molecule has 0 unspecified atom stereocenters. The molecule has 5 heteroatoms. The van der Waals surface area contributed by atoms with Crippen molar-refractivity contribution < 1.29 is 0 Å². The zero-order valence-corrected chi connectivity index (χ0v) is 16.8. The van der Waals surface area contributed by atoms with Crippen molar-refractivity contribution in [3.05, 3.63) is 69.3 Å². The SMILES string of the molecule is Cc1cc(C)c(N=Cc2n[nH]c(C=Nc3c(C)cc(C)cc3C)n2)c(C)c1. The first-order valence-electron chi connectivity index (χ1n) is 8.99. The van der Waals surface area contributed by atoms with Gasteiger partial charge in [0.1, 0.15) is 0 Å². The summed E-state index contributed by atoms with van der Waals surface area (Å²) < 4.78 is 0. The predicted octanol–water partition coefficient (Wildman–Crippen LogP) is 5.16. The van der Waals surface area contributed by atoms with Crippen LogP contribution >= 0.6 is 0 Å². The molecule has 0 saturated heterocycles. The average Bonchev–Trinajstić information content (AvgIpc) is 3.00. The number of aryl methyl sites for hydroxylation is 6. The fraction of sp³-hybridized carbons (Fsp3) is 0.273. The third-order valence-electron chi connectivity index (χ3n) is 4.42. The van der Waals surface area contributed by atoms with E-state index in [-0.39, 0.29) is 0 Å². The number of nitrogens with one attached hydrogen (secondary N) is 1. The van der Waals surface area contributed by atoms with Crippen molar-refractivity contribution in [2.75, 3.05) is 0 Å². The lowest BCUT2D eigenvalue weighted by atomic mass is 10.1. The zero-order chi connectivity index (χ0) is 19.6. The number of aliphatic imine (C=N–C) groups is 2. The van der Waals surface area contributed by atoms with E-state index in [0.29, 0.717) is 11.6 Å². The molecule has 0 fully saturated rings. The van der Waals surface area contributed by atoms with E-state index in [0.717, 1.165) is 33.6 Å². The average molecular weight is 359 g/mol. The minimum absolute atomic E-state index is 0.535. The smallest absolute Gasteiger partial charge is 0.192 e. The van der Waals surface area contributed by atoms with Gasteiger partial charge < -0.3 is 0 Å². The molecule has 1 aromatic heterocycles. The molecule has 3 aromatic rings. The molecule has 0 saturated carbocycles. The topological polar surface area (TPSA) is 66.3 Å². The molecule has 27 heavy (non-hydrogen) atoms. The molecule has 1 heterocycles. The fourth-order valence-corrected chi connectivity index (χ4v) is 3.40. The summed E-state index contributed by atoms with van der Waals surface area (Å²) in [7, 11) is 0. The molecule has 138 valence electrons. The second kappa shape index (κ2) is 7.66. The Bertz CT molecular complexity index is 913. The van der Waals surface area contributed by atoms with Gasteiger partial charge in [-0.3, -0.25) is 15.1 Å². The number of rotatable bonds is 4. The van der Waals surface area contributed by atoms with Gasteiger partial charge in [0.05, 0.1) is 23.8 Å². The zero-order valence-electron chi connectivity index (χ0n) is 16.8. The number of H-pyrrole nitrogens is 1. The molecular formula is C22H25N5. The Morgan fingerprint density at radius 3 is 1.63 bits per heavy atom. The summed E-state index contributed by atoms with van der Waals surface area (Å²) in [6.07, 6.45) is 3.39. The Morgan fingerprint density at radius 2 is 1.15 bits per heavy atom. The molecule has 0 radical (unpaired) electrons. The van der Waals surface area contributed by atoms with E-state index in [1.165, 1.54) is 11.1 Å². The quantitative estimate of drug-likeness (QED) is 0.654. The summed E-state index contributed by atoms with van der Waals surface area (Å²) in [6.45, 7) is 12.4. The number of nitrogens with zero attached hydrogens (tertiary/aromatic N) is 4. The van der Waals surface area contributed by atoms with Crippen molar-refractivity contribution in [2.24, 2.45) is 9.98 Å². The van der Waals surface area contributed by atoms with Crippen LogP contribution in [0.3, 0.4) is 0 Å². The lowest BCUT2D eigenvalue weighted by Gasteiger charge is -2.05. The standard InChI is InChI=1S/C22H25N5/c1-13-7-15(3)21(16(4)8-13)23-11-19-25-20(27-26-19)12-24-22-17(5)9-14(2)10-18(22)6/h7-12H,1-6H3,(H,25,26,27). The van der Waals surface area contributed by atoms with Gasteiger partial charge in [-0.15, -0.1) is 0 Å². The number of hydrogen-bond donors (Lipinski definition) is 1. The third kappa shape index (κ3) is 4.37. The maximum Gasteiger partial charge on any atom is 0.192 e. The molecule has 0 atom stereocenters. The largest absolute Gasteiger partial charge is 0.258 e. The maximum atomic E-state index is 4.58. The number of aromatic nitrogens is 3. The van der Waals surface area contributed by atoms with Crippen LogP contribution in [0.4, 0.5) is 11.4 Å². The Hall–Kier alpha value is -3.08. The highest BCUT2D eigenvalue weighted by molar-refractivity contribution is 5.82. The summed E-state index contributed by atoms with van der Waals surface area (Å²) in [5, 5.41) is 7.10. The summed E-state index contributed by atoms with van der Waals surface area (Å²) in [6, 6.07) is 8.51. The van der Waals surface area contributed by atoms with Crippen LogP contribution < -0.4 is 0 Å². The van der Waals surface area contributed by atoms with Gasteiger partial charge in [0.2, 0.25) is 0 Å². The first-order valence-corrected chi connectivity index (χ1v) is 8.99. The second-order valence-corrected chi connectivity index (χ2v) is 7.09. The Balaban J connectivity index is 1.80. The van der Waals surface area contributed by atoms with Crippen LogP contribution in [0.25, 0.3) is 0 Å². The van der Waals surface area contributed by atoms with E-state index in [4.69, 9.17) is 0 Å². The van der Waals surface area contributed by atoms with Crippen LogP contribution in [0, 0.1) is 41.5 Å². The lowest BCUT2D eigenvalue weighted by molar-refractivity contribution is 1.07. The van der Waals surface area contributed by atoms with Crippen LogP contribution in [-0.4, -0.2) is 27.6 Å². The van der Waals surface area contributed by atoms with Crippen molar-refractivity contribution in [3.8, 4) is 0 Å². The molecule has 2 aromatic carbocycles. The fourth-order valence-electron chi connectivity index (χ4n) is 3.40. The van der Waals surface area contributed by atoms with Gasteiger partial charge in [-0.2, -0.15) is 5.10 Å². The summed E-state index contributed by atoms with van der Waals surface area (Å²) in [5.41, 5.74) is 9.00. The van der Waals surface area contributed by atoms with Gasteiger partial charge in [0, 0.05) is 0 Å². The molecule has 0 aliphatic heterocycles. The van der Waals surface area contributed by atoms with Crippen LogP contribution in [0.5, 0.6) is 0 Å². The first kappa shape index (κ1) is 18.7. The maximum absolute atomic E-state index is 4.58. The van der Waals surface area contributed by atoms with Crippen molar-refractivity contribution in [1.82, 2.24) is 15.2 Å². The summed E-state index contributed by atoms with van der Waals surface area (Å²) in [5.74, 6) is 1.14. The highest BCUT2D eigenvalue weighted by atomic mass is 15.2. The summed E-state index contributed by atoms with van der Waals surface area (Å²) in [4.78, 5) is 13.6. The van der Waals surface area contributed by atoms with Crippen LogP contribution in [0.2, 0.25) is 0 Å². The minimum Gasteiger partial charge on any atom is -0.258 e. The predicted molar refractivity (Wildman–Crippen MR) is 112 cm³/mol. The molecule has 3 rings (SSSR count). The van der Waals surface area contributed by atoms with Gasteiger partial charge in [-0.25, -0.2) is 4.98 Å². The van der Waals surface area contributed by atoms with Gasteiger partial charge in [0.15, 0.2) is 11.6 Å². The van der Waals surface area contributed by atoms with E-state index in [1.807, 2.05) is 0 Å². The molecule has 5 nitrogen and oxygen atoms in total. The Kier molecular flexibility index (Phi) is 5.31. The van der Waals surface area contributed by atoms with Gasteiger partial charge in [-0.05, 0) is 63.8 Å². The van der Waals surface area contributed by atoms with Gasteiger partial charge in [-0.1, -0.05) is 35.4 Å². The first-order chi connectivity index (χ1) is 12.8. The van der Waals surface area contributed by atoms with Crippen LogP contribution in [-0.2, 0) is 0 Å². The van der Waals surface area contributed by atoms with E-state index in [1.54, 1.807) is 12.4 Å². The monoisotopic (exact) mass is 359 g/mol. The highest BCUT2D eigenvalue weighted by Gasteiger charge is 2.05. The minimum atomic E-state index is 0.535. The normalized spacial score (nSPS) is 11.8. The Morgan fingerprint density at radius 1 is 0.704 bits per heavy atom. The van der Waals surface area contributed by atoms with Crippen LogP contribution in [0.1, 0.15) is 45.0 Å². The lowest BCUT2D eigenvalue weighted by Crippen LogP contribution is -1.89. The highest BCUT2D eigenvalue weighted by Crippen LogP contribution is 2.25. The van der Waals surface area contributed by atoms with E-state index in [9.17, 15) is 0 Å². The summed E-state index contributed by atoms with van der Waals surface area (Å²) >= 11 is 0. The van der Waals surface area contributed by atoms with Crippen molar-refractivity contribution in [2.45, 2.75) is 41.5 Å². The van der Waals surface area contributed by atoms with Crippen molar-refractivity contribution in [3.63, 3.8) is 0 Å². The molecule has 1 N–H and O–H groups in total. The van der Waals surface area contributed by atoms with Gasteiger partial charge >= 0.3 is 0 Å².